The summed E-state index contributed by atoms with van der Waals surface area (Å²) in [6, 6.07) is 0. The minimum absolute atomic E-state index is 0.253. The maximum Gasteiger partial charge on any atom is 0.141 e. The lowest BCUT2D eigenvalue weighted by molar-refractivity contribution is -0.00537. The average molecular weight is 317 g/mol. The van der Waals surface area contributed by atoms with Gasteiger partial charge >= 0.3 is 0 Å². The second-order valence-electron chi connectivity index (χ2n) is 6.89. The predicted octanol–water partition coefficient (Wildman–Crippen LogP) is 3.43. The Bertz CT molecular complexity index is 689. The maximum atomic E-state index is 5.88. The minimum Gasteiger partial charge on any atom is -0.372 e. The molecule has 0 amide bonds. The Hall–Kier alpha value is -1.20. The molecule has 5 heteroatoms. The van der Waals surface area contributed by atoms with E-state index in [-0.39, 0.29) is 12.2 Å². The van der Waals surface area contributed by atoms with E-state index in [1.807, 2.05) is 11.3 Å². The molecule has 0 N–H and O–H groups in total. The molecule has 3 atom stereocenters. The van der Waals surface area contributed by atoms with Crippen LogP contribution in [0.4, 0.5) is 5.82 Å². The van der Waals surface area contributed by atoms with Crippen LogP contribution in [0.3, 0.4) is 0 Å². The third-order valence-electron chi connectivity index (χ3n) is 4.79. The highest BCUT2D eigenvalue weighted by Gasteiger charge is 2.28. The molecule has 2 aliphatic rings. The van der Waals surface area contributed by atoms with Crippen LogP contribution in [-0.4, -0.2) is 35.3 Å². The fourth-order valence-corrected chi connectivity index (χ4v) is 5.19. The van der Waals surface area contributed by atoms with Crippen molar-refractivity contribution in [1.29, 1.82) is 0 Å². The highest BCUT2D eigenvalue weighted by Crippen LogP contribution is 2.40. The number of anilines is 1. The van der Waals surface area contributed by atoms with Gasteiger partial charge in [-0.3, -0.25) is 0 Å². The Kier molecular flexibility index (Phi) is 3.57. The third-order valence-corrected chi connectivity index (χ3v) is 5.95. The molecular weight excluding hydrogens is 294 g/mol. The second kappa shape index (κ2) is 5.46. The number of nitrogens with zero attached hydrogens (tertiary/aromatic N) is 3. The molecular formula is C17H23N3OS. The van der Waals surface area contributed by atoms with E-state index < -0.39 is 0 Å². The highest BCUT2D eigenvalue weighted by atomic mass is 32.1. The lowest BCUT2D eigenvalue weighted by Crippen LogP contribution is -2.46. The Morgan fingerprint density at radius 3 is 2.73 bits per heavy atom. The van der Waals surface area contributed by atoms with E-state index in [0.717, 1.165) is 29.7 Å². The van der Waals surface area contributed by atoms with Crippen molar-refractivity contribution in [3.05, 3.63) is 16.8 Å². The highest BCUT2D eigenvalue weighted by molar-refractivity contribution is 7.19. The molecule has 1 fully saturated rings. The van der Waals surface area contributed by atoms with Crippen molar-refractivity contribution in [1.82, 2.24) is 9.97 Å². The Morgan fingerprint density at radius 1 is 1.18 bits per heavy atom. The van der Waals surface area contributed by atoms with Gasteiger partial charge in [0.05, 0.1) is 17.6 Å². The van der Waals surface area contributed by atoms with Gasteiger partial charge in [0.15, 0.2) is 0 Å². The summed E-state index contributed by atoms with van der Waals surface area (Å²) in [5, 5.41) is 1.32. The molecule has 4 rings (SSSR count). The van der Waals surface area contributed by atoms with E-state index in [9.17, 15) is 0 Å². The topological polar surface area (TPSA) is 38.2 Å². The van der Waals surface area contributed by atoms with E-state index in [0.29, 0.717) is 0 Å². The van der Waals surface area contributed by atoms with Gasteiger partial charge < -0.3 is 9.64 Å². The molecule has 0 spiro atoms. The van der Waals surface area contributed by atoms with Crippen molar-refractivity contribution in [3.8, 4) is 0 Å². The number of fused-ring (bicyclic) bond motifs is 3. The van der Waals surface area contributed by atoms with Crippen molar-refractivity contribution in [2.24, 2.45) is 5.92 Å². The Balaban J connectivity index is 1.81. The molecule has 2 aromatic heterocycles. The van der Waals surface area contributed by atoms with Crippen LogP contribution in [0.5, 0.6) is 0 Å². The molecule has 0 bridgehead atoms. The summed E-state index contributed by atoms with van der Waals surface area (Å²) in [7, 11) is 0. The standard InChI is InChI=1S/C17H23N3OS/c1-10-4-5-13-14(6-10)22-17-15(13)16(18-9-19-17)20-7-11(2)21-12(3)8-20/h9-12H,4-8H2,1-3H3. The van der Waals surface area contributed by atoms with Gasteiger partial charge in [-0.15, -0.1) is 11.3 Å². The monoisotopic (exact) mass is 317 g/mol. The zero-order valence-corrected chi connectivity index (χ0v) is 14.3. The Morgan fingerprint density at radius 2 is 1.95 bits per heavy atom. The van der Waals surface area contributed by atoms with Crippen LogP contribution in [0, 0.1) is 5.92 Å². The van der Waals surface area contributed by atoms with E-state index in [1.54, 1.807) is 6.33 Å². The summed E-state index contributed by atoms with van der Waals surface area (Å²) < 4.78 is 5.88. The largest absolute Gasteiger partial charge is 0.372 e. The summed E-state index contributed by atoms with van der Waals surface area (Å²) in [5.41, 5.74) is 1.51. The summed E-state index contributed by atoms with van der Waals surface area (Å²) in [4.78, 5) is 14.3. The lowest BCUT2D eigenvalue weighted by atomic mass is 9.89. The van der Waals surface area contributed by atoms with E-state index in [1.165, 1.54) is 35.1 Å². The zero-order chi connectivity index (χ0) is 15.3. The van der Waals surface area contributed by atoms with Crippen molar-refractivity contribution in [2.45, 2.75) is 52.2 Å². The number of hydrogen-bond donors (Lipinski definition) is 0. The molecule has 3 heterocycles. The van der Waals surface area contributed by atoms with Crippen LogP contribution in [0.2, 0.25) is 0 Å². The number of rotatable bonds is 1. The SMILES string of the molecule is CC1CCc2c(sc3ncnc(N4CC(C)OC(C)C4)c23)C1. The molecule has 1 saturated heterocycles. The molecule has 1 aliphatic carbocycles. The van der Waals surface area contributed by atoms with Crippen LogP contribution in [0.1, 0.15) is 37.6 Å². The average Bonchev–Trinajstić information content (AvgIpc) is 2.83. The molecule has 0 radical (unpaired) electrons. The van der Waals surface area contributed by atoms with Gasteiger partial charge in [0.25, 0.3) is 0 Å². The zero-order valence-electron chi connectivity index (χ0n) is 13.5. The van der Waals surface area contributed by atoms with Crippen molar-refractivity contribution in [2.75, 3.05) is 18.0 Å². The minimum atomic E-state index is 0.253. The number of hydrogen-bond acceptors (Lipinski definition) is 5. The van der Waals surface area contributed by atoms with Gasteiger partial charge in [-0.1, -0.05) is 6.92 Å². The summed E-state index contributed by atoms with van der Waals surface area (Å²) in [5.74, 6) is 1.92. The molecule has 4 nitrogen and oxygen atoms in total. The molecule has 118 valence electrons. The number of thiophene rings is 1. The molecule has 0 saturated carbocycles. The number of aromatic nitrogens is 2. The van der Waals surface area contributed by atoms with Crippen molar-refractivity contribution in [3.63, 3.8) is 0 Å². The van der Waals surface area contributed by atoms with Gasteiger partial charge in [-0.2, -0.15) is 0 Å². The second-order valence-corrected chi connectivity index (χ2v) is 7.98. The van der Waals surface area contributed by atoms with Gasteiger partial charge in [0.1, 0.15) is 17.0 Å². The molecule has 3 unspecified atom stereocenters. The normalized spacial score (nSPS) is 28.9. The first-order chi connectivity index (χ1) is 10.6. The number of aryl methyl sites for hydroxylation is 1. The van der Waals surface area contributed by atoms with Gasteiger partial charge in [-0.05, 0) is 44.6 Å². The third kappa shape index (κ3) is 2.40. The number of morpholine rings is 1. The maximum absolute atomic E-state index is 5.88. The molecule has 2 aromatic rings. The summed E-state index contributed by atoms with van der Waals surface area (Å²) in [6.07, 6.45) is 5.89. The summed E-state index contributed by atoms with van der Waals surface area (Å²) >= 11 is 1.87. The van der Waals surface area contributed by atoms with Gasteiger partial charge in [-0.25, -0.2) is 9.97 Å². The first kappa shape index (κ1) is 14.4. The lowest BCUT2D eigenvalue weighted by Gasteiger charge is -2.36. The molecule has 22 heavy (non-hydrogen) atoms. The van der Waals surface area contributed by atoms with Crippen LogP contribution < -0.4 is 4.90 Å². The first-order valence-electron chi connectivity index (χ1n) is 8.27. The van der Waals surface area contributed by atoms with Crippen molar-refractivity contribution < 1.29 is 4.74 Å². The number of ether oxygens (including phenoxy) is 1. The quantitative estimate of drug-likeness (QED) is 0.808. The fraction of sp³-hybridized carbons (Fsp3) is 0.647. The van der Waals surface area contributed by atoms with Crippen LogP contribution in [0.25, 0.3) is 10.2 Å². The summed E-state index contributed by atoms with van der Waals surface area (Å²) in [6.45, 7) is 8.47. The Labute approximate surface area is 135 Å². The van der Waals surface area contributed by atoms with E-state index >= 15 is 0 Å². The molecule has 0 aromatic carbocycles. The van der Waals surface area contributed by atoms with Crippen LogP contribution in [-0.2, 0) is 17.6 Å². The first-order valence-corrected chi connectivity index (χ1v) is 9.09. The van der Waals surface area contributed by atoms with Crippen LogP contribution in [0.15, 0.2) is 6.33 Å². The van der Waals surface area contributed by atoms with Crippen LogP contribution >= 0.6 is 11.3 Å². The fourth-order valence-electron chi connectivity index (χ4n) is 3.85. The van der Waals surface area contributed by atoms with Gasteiger partial charge in [0, 0.05) is 18.0 Å². The predicted molar refractivity (Wildman–Crippen MR) is 90.8 cm³/mol. The van der Waals surface area contributed by atoms with E-state index in [2.05, 4.69) is 35.6 Å². The molecule has 1 aliphatic heterocycles. The van der Waals surface area contributed by atoms with Gasteiger partial charge in [0.2, 0.25) is 0 Å². The smallest absolute Gasteiger partial charge is 0.141 e. The van der Waals surface area contributed by atoms with Crippen molar-refractivity contribution >= 4 is 27.4 Å². The van der Waals surface area contributed by atoms with E-state index in [4.69, 9.17) is 4.74 Å².